The SMILES string of the molecule is C[Si](C)(C)CCOCn1cc(C(=O)c2ccccc2C(F)(F)F)cc1-c1nc2cnc(N3CCc4nocc4C3)cc2n1COCC[Si](C)(C)C. The molecule has 0 saturated carbocycles. The summed E-state index contributed by atoms with van der Waals surface area (Å²) >= 11 is 0. The fourth-order valence-corrected chi connectivity index (χ4v) is 7.45. The van der Waals surface area contributed by atoms with Crippen LogP contribution in [0.5, 0.6) is 0 Å². The van der Waals surface area contributed by atoms with Gasteiger partial charge in [0.05, 0.1) is 28.7 Å². The van der Waals surface area contributed by atoms with Gasteiger partial charge in [0, 0.05) is 77.8 Å². The monoisotopic (exact) mass is 738 g/mol. The number of hydrogen-bond donors (Lipinski definition) is 0. The lowest BCUT2D eigenvalue weighted by Crippen LogP contribution is -2.30. The maximum absolute atomic E-state index is 14.0. The Balaban J connectivity index is 1.42. The van der Waals surface area contributed by atoms with Crippen LogP contribution in [0.1, 0.15) is 32.7 Å². The molecule has 0 aliphatic carbocycles. The maximum Gasteiger partial charge on any atom is 0.417 e. The lowest BCUT2D eigenvalue weighted by molar-refractivity contribution is -0.137. The second-order valence-electron chi connectivity index (χ2n) is 15.5. The number of carbonyl (C=O) groups excluding carboxylic acids is 1. The second-order valence-corrected chi connectivity index (χ2v) is 26.7. The van der Waals surface area contributed by atoms with E-state index in [-0.39, 0.29) is 19.0 Å². The number of imidazole rings is 1. The summed E-state index contributed by atoms with van der Waals surface area (Å²) in [5.41, 5.74) is 2.60. The first kappa shape index (κ1) is 36.7. The summed E-state index contributed by atoms with van der Waals surface area (Å²) in [6.45, 7) is 16.3. The first-order valence-electron chi connectivity index (χ1n) is 17.2. The Morgan fingerprint density at radius 1 is 0.980 bits per heavy atom. The molecule has 0 amide bonds. The van der Waals surface area contributed by atoms with Crippen molar-refractivity contribution in [3.63, 3.8) is 0 Å². The van der Waals surface area contributed by atoms with Gasteiger partial charge in [-0.15, -0.1) is 0 Å². The Labute approximate surface area is 297 Å². The van der Waals surface area contributed by atoms with Crippen molar-refractivity contribution in [2.75, 3.05) is 24.7 Å². The number of carbonyl (C=O) groups is 1. The molecule has 0 bridgehead atoms. The second kappa shape index (κ2) is 14.5. The Kier molecular flexibility index (Phi) is 10.5. The van der Waals surface area contributed by atoms with Crippen molar-refractivity contribution in [1.29, 1.82) is 0 Å². The zero-order valence-corrected chi connectivity index (χ0v) is 32.0. The van der Waals surface area contributed by atoms with Crippen molar-refractivity contribution in [2.45, 2.75) is 84.0 Å². The topological polar surface area (TPSA) is 100 Å². The van der Waals surface area contributed by atoms with E-state index in [0.29, 0.717) is 43.3 Å². The molecule has 6 rings (SSSR count). The molecule has 51 heavy (non-hydrogen) atoms. The van der Waals surface area contributed by atoms with Gasteiger partial charge < -0.3 is 23.5 Å². The normalized spacial score (nSPS) is 14.0. The summed E-state index contributed by atoms with van der Waals surface area (Å²) in [5, 5.41) is 4.10. The van der Waals surface area contributed by atoms with E-state index in [1.807, 2.05) is 10.6 Å². The van der Waals surface area contributed by atoms with Gasteiger partial charge in [-0.2, -0.15) is 13.2 Å². The molecule has 4 aromatic heterocycles. The first-order valence-corrected chi connectivity index (χ1v) is 24.6. The third-order valence-corrected chi connectivity index (χ3v) is 12.4. The molecule has 1 aliphatic rings. The van der Waals surface area contributed by atoms with Crippen LogP contribution in [0.4, 0.5) is 19.0 Å². The van der Waals surface area contributed by atoms with Gasteiger partial charge in [0.2, 0.25) is 0 Å². The Morgan fingerprint density at radius 2 is 1.69 bits per heavy atom. The number of pyridine rings is 1. The Morgan fingerprint density at radius 3 is 2.39 bits per heavy atom. The van der Waals surface area contributed by atoms with Crippen LogP contribution < -0.4 is 4.90 Å². The lowest BCUT2D eigenvalue weighted by Gasteiger charge is -2.26. The third kappa shape index (κ3) is 8.71. The van der Waals surface area contributed by atoms with Crippen LogP contribution in [0.2, 0.25) is 51.4 Å². The number of anilines is 1. The Bertz CT molecular complexity index is 2010. The zero-order valence-electron chi connectivity index (χ0n) is 30.0. The number of aromatic nitrogens is 5. The highest BCUT2D eigenvalue weighted by atomic mass is 28.3. The van der Waals surface area contributed by atoms with E-state index < -0.39 is 39.2 Å². The molecule has 10 nitrogen and oxygen atoms in total. The highest BCUT2D eigenvalue weighted by Gasteiger charge is 2.35. The van der Waals surface area contributed by atoms with Crippen molar-refractivity contribution in [1.82, 2.24) is 24.3 Å². The number of benzene rings is 1. The van der Waals surface area contributed by atoms with E-state index in [9.17, 15) is 18.0 Å². The minimum Gasteiger partial charge on any atom is -0.364 e. The van der Waals surface area contributed by atoms with Crippen LogP contribution in [0.15, 0.2) is 59.6 Å². The molecule has 1 aliphatic heterocycles. The number of alkyl halides is 3. The zero-order chi connectivity index (χ0) is 36.6. The number of nitrogens with zero attached hydrogens (tertiary/aromatic N) is 6. The van der Waals surface area contributed by atoms with Crippen LogP contribution in [-0.2, 0) is 42.1 Å². The van der Waals surface area contributed by atoms with Gasteiger partial charge in [-0.1, -0.05) is 62.6 Å². The van der Waals surface area contributed by atoms with Gasteiger partial charge in [0.1, 0.15) is 31.1 Å². The highest BCUT2D eigenvalue weighted by Crippen LogP contribution is 2.35. The van der Waals surface area contributed by atoms with Gasteiger partial charge in [-0.25, -0.2) is 9.97 Å². The van der Waals surface area contributed by atoms with E-state index >= 15 is 0 Å². The summed E-state index contributed by atoms with van der Waals surface area (Å²) in [6, 6.07) is 10.3. The standard InChI is InChI=1S/C36H45F3N6O4Si2/c1-50(2,3)15-13-47-23-44-20-25(34(46)27-9-7-8-10-28(27)36(37,38)39)17-32(44)35-41-30-19-40-33(43-12-11-29-26(21-43)22-49-42-29)18-31(30)45(35)24-48-14-16-51(4,5)6/h7-10,17-20,22H,11-16,21,23-24H2,1-6H3. The van der Waals surface area contributed by atoms with E-state index in [1.165, 1.54) is 18.2 Å². The lowest BCUT2D eigenvalue weighted by atomic mass is 9.99. The smallest absolute Gasteiger partial charge is 0.364 e. The van der Waals surface area contributed by atoms with Crippen LogP contribution in [0.25, 0.3) is 22.6 Å². The molecule has 272 valence electrons. The summed E-state index contributed by atoms with van der Waals surface area (Å²) in [7, 11) is -2.78. The van der Waals surface area contributed by atoms with E-state index in [1.54, 1.807) is 29.3 Å². The van der Waals surface area contributed by atoms with Gasteiger partial charge in [0.15, 0.2) is 11.6 Å². The quantitative estimate of drug-likeness (QED) is 0.0637. The number of fused-ring (bicyclic) bond motifs is 2. The van der Waals surface area contributed by atoms with Crippen LogP contribution in [0, 0.1) is 0 Å². The molecule has 0 N–H and O–H groups in total. The average Bonchev–Trinajstić information content (AvgIpc) is 3.80. The largest absolute Gasteiger partial charge is 0.417 e. The number of hydrogen-bond acceptors (Lipinski definition) is 8. The Hall–Kier alpha value is -4.06. The fraction of sp³-hybridized carbons (Fsp3) is 0.444. The van der Waals surface area contributed by atoms with Gasteiger partial charge in [-0.3, -0.25) is 9.36 Å². The number of rotatable bonds is 14. The van der Waals surface area contributed by atoms with Crippen LogP contribution >= 0.6 is 0 Å². The minimum absolute atomic E-state index is 0.0893. The molecule has 5 heterocycles. The van der Waals surface area contributed by atoms with E-state index in [2.05, 4.69) is 49.3 Å². The van der Waals surface area contributed by atoms with Crippen molar-refractivity contribution in [2.24, 2.45) is 0 Å². The van der Waals surface area contributed by atoms with Crippen molar-refractivity contribution < 1.29 is 32.0 Å². The molecule has 0 spiro atoms. The average molecular weight is 739 g/mol. The molecule has 0 saturated heterocycles. The summed E-state index contributed by atoms with van der Waals surface area (Å²) < 4.78 is 63.2. The molecule has 1 aromatic carbocycles. The van der Waals surface area contributed by atoms with Crippen LogP contribution in [0.3, 0.4) is 0 Å². The maximum atomic E-state index is 14.0. The van der Waals surface area contributed by atoms with Crippen molar-refractivity contribution in [3.8, 4) is 11.5 Å². The van der Waals surface area contributed by atoms with Crippen LogP contribution in [-0.4, -0.2) is 65.9 Å². The number of ether oxygens (including phenoxy) is 2. The van der Waals surface area contributed by atoms with E-state index in [4.69, 9.17) is 24.0 Å². The number of ketones is 1. The van der Waals surface area contributed by atoms with Gasteiger partial charge >= 0.3 is 6.18 Å². The molecular formula is C36H45F3N6O4Si2. The highest BCUT2D eigenvalue weighted by molar-refractivity contribution is 6.76. The van der Waals surface area contributed by atoms with E-state index in [0.717, 1.165) is 47.2 Å². The van der Waals surface area contributed by atoms with Gasteiger partial charge in [0.25, 0.3) is 0 Å². The fourth-order valence-electron chi connectivity index (χ4n) is 5.94. The molecule has 0 unspecified atom stereocenters. The molecular weight excluding hydrogens is 694 g/mol. The molecule has 15 heteroatoms. The first-order chi connectivity index (χ1) is 24.1. The minimum atomic E-state index is -4.69. The predicted molar refractivity (Wildman–Crippen MR) is 195 cm³/mol. The van der Waals surface area contributed by atoms with Gasteiger partial charge in [-0.05, 0) is 24.2 Å². The molecule has 0 fully saturated rings. The molecule has 5 aromatic rings. The summed E-state index contributed by atoms with van der Waals surface area (Å²) in [6.07, 6.45) is 0.992. The molecule has 0 radical (unpaired) electrons. The van der Waals surface area contributed by atoms with Crippen molar-refractivity contribution >= 4 is 38.8 Å². The summed E-state index contributed by atoms with van der Waals surface area (Å²) in [4.78, 5) is 25.7. The summed E-state index contributed by atoms with van der Waals surface area (Å²) in [5.74, 6) is 0.518. The van der Waals surface area contributed by atoms with Crippen molar-refractivity contribution in [3.05, 3.63) is 83.0 Å². The molecule has 0 atom stereocenters. The third-order valence-electron chi connectivity index (χ3n) is 8.96. The predicted octanol–water partition coefficient (Wildman–Crippen LogP) is 8.32. The number of halogens is 3.